The van der Waals surface area contributed by atoms with Crippen LogP contribution in [0.5, 0.6) is 0 Å². The predicted molar refractivity (Wildman–Crippen MR) is 109 cm³/mol. The van der Waals surface area contributed by atoms with Gasteiger partial charge in [0.25, 0.3) is 5.91 Å². The number of carbonyl (C=O) groups excluding carboxylic acids is 2. The van der Waals surface area contributed by atoms with Crippen LogP contribution in [0.4, 0.5) is 4.79 Å². The van der Waals surface area contributed by atoms with Crippen LogP contribution in [-0.4, -0.2) is 16.5 Å². The van der Waals surface area contributed by atoms with Crippen LogP contribution in [0.15, 0.2) is 54.2 Å². The normalized spacial score (nSPS) is 11.2. The van der Waals surface area contributed by atoms with Crippen molar-refractivity contribution < 1.29 is 9.59 Å². The second-order valence-electron chi connectivity index (χ2n) is 5.95. The van der Waals surface area contributed by atoms with Gasteiger partial charge < -0.3 is 10.3 Å². The number of imide groups is 1. The molecule has 2 aromatic carbocycles. The summed E-state index contributed by atoms with van der Waals surface area (Å²) in [4.78, 5) is 22.8. The zero-order valence-corrected chi connectivity index (χ0v) is 16.0. The van der Waals surface area contributed by atoms with E-state index in [0.29, 0.717) is 22.2 Å². The molecule has 0 unspecified atom stereocenters. The Hall–Kier alpha value is -3.27. The van der Waals surface area contributed by atoms with Gasteiger partial charge in [0.05, 0.1) is 0 Å². The molecule has 0 spiro atoms. The first-order valence-corrected chi connectivity index (χ1v) is 8.89. The molecule has 6 nitrogen and oxygen atoms in total. The summed E-state index contributed by atoms with van der Waals surface area (Å²) in [6, 6.07) is 13.6. The van der Waals surface area contributed by atoms with E-state index in [2.05, 4.69) is 0 Å². The van der Waals surface area contributed by atoms with Crippen molar-refractivity contribution in [1.82, 2.24) is 9.88 Å². The third-order valence-corrected chi connectivity index (χ3v) is 4.66. The molecule has 28 heavy (non-hydrogen) atoms. The van der Waals surface area contributed by atoms with Crippen LogP contribution >= 0.6 is 23.2 Å². The lowest BCUT2D eigenvalue weighted by atomic mass is 10.1. The fourth-order valence-corrected chi connectivity index (χ4v) is 3.31. The molecule has 3 rings (SSSR count). The number of halogens is 2. The first kappa shape index (κ1) is 19.5. The van der Waals surface area contributed by atoms with Crippen molar-refractivity contribution in [2.75, 3.05) is 0 Å². The second-order valence-corrected chi connectivity index (χ2v) is 6.80. The number of benzene rings is 2. The van der Waals surface area contributed by atoms with Gasteiger partial charge in [0, 0.05) is 39.3 Å². The van der Waals surface area contributed by atoms with E-state index in [1.807, 2.05) is 46.4 Å². The Bertz CT molecular complexity index is 1160. The molecule has 0 saturated heterocycles. The quantitative estimate of drug-likeness (QED) is 0.498. The summed E-state index contributed by atoms with van der Waals surface area (Å²) >= 11 is 12.2. The van der Waals surface area contributed by atoms with Gasteiger partial charge in [-0.2, -0.15) is 5.26 Å². The van der Waals surface area contributed by atoms with E-state index in [4.69, 9.17) is 28.9 Å². The minimum Gasteiger partial charge on any atom is -0.351 e. The van der Waals surface area contributed by atoms with Crippen LogP contribution in [0, 0.1) is 11.3 Å². The predicted octanol–water partition coefficient (Wildman–Crippen LogP) is 4.10. The molecular formula is C20H14Cl2N4O2. The maximum atomic E-state index is 12.0. The Balaban J connectivity index is 2.05. The molecule has 3 aromatic rings. The number of para-hydroxylation sites is 1. The lowest BCUT2D eigenvalue weighted by Crippen LogP contribution is -2.35. The van der Waals surface area contributed by atoms with Gasteiger partial charge in [0.1, 0.15) is 11.6 Å². The highest BCUT2D eigenvalue weighted by molar-refractivity contribution is 6.35. The highest BCUT2D eigenvalue weighted by atomic mass is 35.5. The number of amides is 3. The van der Waals surface area contributed by atoms with Gasteiger partial charge in [0.2, 0.25) is 0 Å². The molecule has 0 saturated carbocycles. The number of fused-ring (bicyclic) bond motifs is 1. The number of nitrogens with zero attached hydrogens (tertiary/aromatic N) is 2. The van der Waals surface area contributed by atoms with Crippen LogP contribution in [-0.2, 0) is 11.3 Å². The molecule has 8 heteroatoms. The number of nitrogens with two attached hydrogens (primary N) is 1. The molecule has 1 aromatic heterocycles. The Morgan fingerprint density at radius 1 is 1.21 bits per heavy atom. The molecule has 0 bridgehead atoms. The first-order chi connectivity index (χ1) is 13.4. The second kappa shape index (κ2) is 8.17. The molecule has 0 aliphatic carbocycles. The molecule has 0 radical (unpaired) electrons. The van der Waals surface area contributed by atoms with Crippen LogP contribution in [0.1, 0.15) is 11.1 Å². The molecule has 0 aliphatic heterocycles. The average Bonchev–Trinajstić information content (AvgIpc) is 2.99. The zero-order chi connectivity index (χ0) is 20.3. The van der Waals surface area contributed by atoms with Gasteiger partial charge in [-0.3, -0.25) is 10.1 Å². The van der Waals surface area contributed by atoms with Crippen molar-refractivity contribution in [2.45, 2.75) is 6.54 Å². The van der Waals surface area contributed by atoms with Crippen LogP contribution in [0.25, 0.3) is 17.0 Å². The lowest BCUT2D eigenvalue weighted by molar-refractivity contribution is -0.115. The van der Waals surface area contributed by atoms with Crippen LogP contribution < -0.4 is 11.1 Å². The van der Waals surface area contributed by atoms with E-state index in [-0.39, 0.29) is 5.57 Å². The number of nitriles is 1. The lowest BCUT2D eigenvalue weighted by Gasteiger charge is -2.08. The summed E-state index contributed by atoms with van der Waals surface area (Å²) in [5, 5.41) is 13.1. The maximum Gasteiger partial charge on any atom is 0.319 e. The molecule has 1 heterocycles. The molecule has 3 N–H and O–H groups in total. The summed E-state index contributed by atoms with van der Waals surface area (Å²) in [6.45, 7) is 0.472. The minimum atomic E-state index is -1.02. The number of nitrogens with one attached hydrogen (secondary N) is 1. The third-order valence-electron chi connectivity index (χ3n) is 4.08. The van der Waals surface area contributed by atoms with Gasteiger partial charge in [0.15, 0.2) is 0 Å². The summed E-state index contributed by atoms with van der Waals surface area (Å²) in [5.74, 6) is -0.854. The largest absolute Gasteiger partial charge is 0.351 e. The number of hydrogen-bond acceptors (Lipinski definition) is 3. The van der Waals surface area contributed by atoms with Crippen molar-refractivity contribution in [3.05, 3.63) is 75.4 Å². The maximum absolute atomic E-state index is 12.0. The van der Waals surface area contributed by atoms with Crippen molar-refractivity contribution >= 4 is 52.1 Å². The van der Waals surface area contributed by atoms with Gasteiger partial charge in [-0.05, 0) is 29.8 Å². The molecule has 0 aliphatic rings. The van der Waals surface area contributed by atoms with Crippen molar-refractivity contribution in [1.29, 1.82) is 5.26 Å². The van der Waals surface area contributed by atoms with Crippen LogP contribution in [0.2, 0.25) is 10.0 Å². The monoisotopic (exact) mass is 412 g/mol. The van der Waals surface area contributed by atoms with Gasteiger partial charge in [-0.1, -0.05) is 47.5 Å². The number of urea groups is 1. The molecule has 0 atom stereocenters. The molecule has 140 valence electrons. The van der Waals surface area contributed by atoms with E-state index in [0.717, 1.165) is 16.5 Å². The molecule has 0 fully saturated rings. The zero-order valence-electron chi connectivity index (χ0n) is 14.4. The van der Waals surface area contributed by atoms with Crippen molar-refractivity contribution in [3.63, 3.8) is 0 Å². The summed E-state index contributed by atoms with van der Waals surface area (Å²) in [6.07, 6.45) is 3.23. The Labute approximate surface area is 170 Å². The number of carbonyl (C=O) groups is 2. The van der Waals surface area contributed by atoms with Gasteiger partial charge in [-0.15, -0.1) is 0 Å². The fourth-order valence-electron chi connectivity index (χ4n) is 2.84. The Kier molecular flexibility index (Phi) is 5.69. The summed E-state index contributed by atoms with van der Waals surface area (Å²) in [7, 11) is 0. The summed E-state index contributed by atoms with van der Waals surface area (Å²) in [5.41, 5.74) is 7.14. The SMILES string of the molecule is N#C/C(=C/c1cn(Cc2ccc(Cl)cc2Cl)c2ccccc12)C(=O)NC(N)=O. The molecule has 3 amide bonds. The number of primary amides is 1. The first-order valence-electron chi connectivity index (χ1n) is 8.13. The number of aromatic nitrogens is 1. The average molecular weight is 413 g/mol. The van der Waals surface area contributed by atoms with E-state index in [1.165, 1.54) is 6.08 Å². The van der Waals surface area contributed by atoms with E-state index in [1.54, 1.807) is 18.2 Å². The van der Waals surface area contributed by atoms with E-state index >= 15 is 0 Å². The van der Waals surface area contributed by atoms with E-state index < -0.39 is 11.9 Å². The smallest absolute Gasteiger partial charge is 0.319 e. The molecular weight excluding hydrogens is 399 g/mol. The number of hydrogen-bond donors (Lipinski definition) is 2. The van der Waals surface area contributed by atoms with E-state index in [9.17, 15) is 14.9 Å². The highest BCUT2D eigenvalue weighted by Crippen LogP contribution is 2.27. The fraction of sp³-hybridized carbons (Fsp3) is 0.0500. The highest BCUT2D eigenvalue weighted by Gasteiger charge is 2.14. The summed E-state index contributed by atoms with van der Waals surface area (Å²) < 4.78 is 1.96. The van der Waals surface area contributed by atoms with Crippen molar-refractivity contribution in [3.8, 4) is 6.07 Å². The minimum absolute atomic E-state index is 0.230. The van der Waals surface area contributed by atoms with Crippen LogP contribution in [0.3, 0.4) is 0 Å². The Morgan fingerprint density at radius 3 is 2.64 bits per heavy atom. The topological polar surface area (TPSA) is 101 Å². The third kappa shape index (κ3) is 4.17. The Morgan fingerprint density at radius 2 is 1.96 bits per heavy atom. The van der Waals surface area contributed by atoms with Crippen molar-refractivity contribution in [2.24, 2.45) is 5.73 Å². The number of rotatable bonds is 4. The van der Waals surface area contributed by atoms with Gasteiger partial charge >= 0.3 is 6.03 Å². The standard InChI is InChI=1S/C20H14Cl2N4O2/c21-15-6-5-12(17(22)8-15)10-26-11-14(16-3-1-2-4-18(16)26)7-13(9-23)19(27)25-20(24)28/h1-8,11H,10H2,(H3,24,25,27,28)/b13-7-. The van der Waals surface area contributed by atoms with Gasteiger partial charge in [-0.25, -0.2) is 4.79 Å².